The molecule has 0 aliphatic carbocycles. The fraction of sp³-hybridized carbons (Fsp3) is 0.667. The maximum Gasteiger partial charge on any atom is 0.435 e. The maximum atomic E-state index is 12.6. The number of alkyl halides is 3. The van der Waals surface area contributed by atoms with E-state index in [1.807, 2.05) is 0 Å². The Morgan fingerprint density at radius 2 is 2.05 bits per heavy atom. The monoisotopic (exact) mass is 291 g/mol. The summed E-state index contributed by atoms with van der Waals surface area (Å²) in [6.45, 7) is 1.90. The van der Waals surface area contributed by atoms with Crippen molar-refractivity contribution in [3.05, 3.63) is 17.5 Å². The standard InChI is InChI=1S/C12H16F3N3O2/c1-8-6-10(12(13,14)15)16-18(8)9-2-4-17(5-3-9)11(20)7-19/h6,9,19H,2-5,7H2,1H3. The van der Waals surface area contributed by atoms with Crippen molar-refractivity contribution in [2.75, 3.05) is 19.7 Å². The average Bonchev–Trinajstić information content (AvgIpc) is 2.80. The molecule has 2 heterocycles. The molecule has 1 aromatic rings. The zero-order chi connectivity index (χ0) is 14.9. The smallest absolute Gasteiger partial charge is 0.387 e. The van der Waals surface area contributed by atoms with Crippen molar-refractivity contribution < 1.29 is 23.1 Å². The van der Waals surface area contributed by atoms with Crippen molar-refractivity contribution >= 4 is 5.91 Å². The van der Waals surface area contributed by atoms with Gasteiger partial charge >= 0.3 is 6.18 Å². The minimum Gasteiger partial charge on any atom is -0.387 e. The van der Waals surface area contributed by atoms with Gasteiger partial charge in [0.2, 0.25) is 5.91 Å². The largest absolute Gasteiger partial charge is 0.435 e. The molecule has 1 saturated heterocycles. The molecule has 0 saturated carbocycles. The molecule has 0 aromatic carbocycles. The predicted octanol–water partition coefficient (Wildman–Crippen LogP) is 1.37. The number of hydrogen-bond acceptors (Lipinski definition) is 3. The molecule has 2 rings (SSSR count). The second kappa shape index (κ2) is 5.43. The van der Waals surface area contributed by atoms with Crippen LogP contribution in [0.2, 0.25) is 0 Å². The molecule has 1 fully saturated rings. The Balaban J connectivity index is 2.08. The lowest BCUT2D eigenvalue weighted by atomic mass is 10.1. The Morgan fingerprint density at radius 1 is 1.45 bits per heavy atom. The molecule has 0 radical (unpaired) electrons. The first kappa shape index (κ1) is 14.8. The van der Waals surface area contributed by atoms with Crippen LogP contribution in [-0.4, -0.2) is 45.4 Å². The Bertz CT molecular complexity index is 491. The minimum atomic E-state index is -4.44. The lowest BCUT2D eigenvalue weighted by molar-refractivity contribution is -0.141. The van der Waals surface area contributed by atoms with Gasteiger partial charge in [-0.3, -0.25) is 9.48 Å². The number of aromatic nitrogens is 2. The predicted molar refractivity (Wildman–Crippen MR) is 63.9 cm³/mol. The molecule has 112 valence electrons. The molecular formula is C12H16F3N3O2. The number of amides is 1. The Kier molecular flexibility index (Phi) is 4.03. The van der Waals surface area contributed by atoms with Crippen LogP contribution in [0.15, 0.2) is 6.07 Å². The van der Waals surface area contributed by atoms with Gasteiger partial charge in [-0.1, -0.05) is 0 Å². The normalized spacial score (nSPS) is 17.6. The van der Waals surface area contributed by atoms with Gasteiger partial charge in [0, 0.05) is 18.8 Å². The van der Waals surface area contributed by atoms with Crippen LogP contribution in [0.5, 0.6) is 0 Å². The van der Waals surface area contributed by atoms with Gasteiger partial charge in [-0.05, 0) is 25.8 Å². The van der Waals surface area contributed by atoms with E-state index in [0.29, 0.717) is 31.6 Å². The minimum absolute atomic E-state index is 0.145. The number of piperidine rings is 1. The second-order valence-corrected chi connectivity index (χ2v) is 4.88. The van der Waals surface area contributed by atoms with Crippen LogP contribution in [0, 0.1) is 6.92 Å². The first-order chi connectivity index (χ1) is 9.32. The third-order valence-corrected chi connectivity index (χ3v) is 3.51. The number of aryl methyl sites for hydroxylation is 1. The number of carbonyl (C=O) groups is 1. The van der Waals surface area contributed by atoms with Crippen LogP contribution in [0.3, 0.4) is 0 Å². The molecule has 1 aliphatic rings. The average molecular weight is 291 g/mol. The molecule has 1 amide bonds. The molecular weight excluding hydrogens is 275 g/mol. The number of likely N-dealkylation sites (tertiary alicyclic amines) is 1. The van der Waals surface area contributed by atoms with E-state index in [2.05, 4.69) is 5.10 Å². The fourth-order valence-electron chi connectivity index (χ4n) is 2.46. The highest BCUT2D eigenvalue weighted by molar-refractivity contribution is 5.77. The molecule has 0 spiro atoms. The number of aliphatic hydroxyl groups is 1. The van der Waals surface area contributed by atoms with E-state index in [1.54, 1.807) is 6.92 Å². The molecule has 0 atom stereocenters. The maximum absolute atomic E-state index is 12.6. The lowest BCUT2D eigenvalue weighted by Gasteiger charge is -2.32. The van der Waals surface area contributed by atoms with Crippen molar-refractivity contribution in [3.63, 3.8) is 0 Å². The highest BCUT2D eigenvalue weighted by atomic mass is 19.4. The Morgan fingerprint density at radius 3 is 2.50 bits per heavy atom. The summed E-state index contributed by atoms with van der Waals surface area (Å²) in [5, 5.41) is 12.4. The summed E-state index contributed by atoms with van der Waals surface area (Å²) in [7, 11) is 0. The van der Waals surface area contributed by atoms with Gasteiger partial charge in [-0.25, -0.2) is 0 Å². The summed E-state index contributed by atoms with van der Waals surface area (Å²) in [5.41, 5.74) is -0.423. The topological polar surface area (TPSA) is 58.4 Å². The summed E-state index contributed by atoms with van der Waals surface area (Å²) in [6, 6.07) is 0.888. The highest BCUT2D eigenvalue weighted by Gasteiger charge is 2.35. The molecule has 0 unspecified atom stereocenters. The summed E-state index contributed by atoms with van der Waals surface area (Å²) < 4.78 is 39.2. The number of aliphatic hydroxyl groups excluding tert-OH is 1. The van der Waals surface area contributed by atoms with Gasteiger partial charge in [0.05, 0.1) is 6.04 Å². The van der Waals surface area contributed by atoms with Crippen molar-refractivity contribution in [1.82, 2.24) is 14.7 Å². The quantitative estimate of drug-likeness (QED) is 0.895. The van der Waals surface area contributed by atoms with Gasteiger partial charge < -0.3 is 10.0 Å². The van der Waals surface area contributed by atoms with E-state index in [-0.39, 0.29) is 11.9 Å². The van der Waals surface area contributed by atoms with Crippen LogP contribution < -0.4 is 0 Å². The van der Waals surface area contributed by atoms with Crippen LogP contribution in [0.4, 0.5) is 13.2 Å². The number of carbonyl (C=O) groups excluding carboxylic acids is 1. The van der Waals surface area contributed by atoms with Gasteiger partial charge in [-0.2, -0.15) is 18.3 Å². The summed E-state index contributed by atoms with van der Waals surface area (Å²) >= 11 is 0. The van der Waals surface area contributed by atoms with Crippen molar-refractivity contribution in [1.29, 1.82) is 0 Å². The van der Waals surface area contributed by atoms with Crippen molar-refractivity contribution in [2.24, 2.45) is 0 Å². The van der Waals surface area contributed by atoms with E-state index in [0.717, 1.165) is 6.07 Å². The van der Waals surface area contributed by atoms with Gasteiger partial charge in [0.1, 0.15) is 6.61 Å². The molecule has 1 aromatic heterocycles. The van der Waals surface area contributed by atoms with Crippen molar-refractivity contribution in [2.45, 2.75) is 32.0 Å². The third-order valence-electron chi connectivity index (χ3n) is 3.51. The molecule has 1 aliphatic heterocycles. The summed E-state index contributed by atoms with van der Waals surface area (Å²) in [4.78, 5) is 12.8. The van der Waals surface area contributed by atoms with E-state index in [4.69, 9.17) is 5.11 Å². The van der Waals surface area contributed by atoms with Gasteiger partial charge in [0.15, 0.2) is 5.69 Å². The first-order valence-electron chi connectivity index (χ1n) is 6.35. The number of rotatable bonds is 2. The highest BCUT2D eigenvalue weighted by Crippen LogP contribution is 2.31. The van der Waals surface area contributed by atoms with E-state index in [1.165, 1.54) is 9.58 Å². The van der Waals surface area contributed by atoms with Crippen LogP contribution in [0.1, 0.15) is 30.3 Å². The van der Waals surface area contributed by atoms with Gasteiger partial charge in [-0.15, -0.1) is 0 Å². The summed E-state index contributed by atoms with van der Waals surface area (Å²) in [5.74, 6) is -0.350. The molecule has 5 nitrogen and oxygen atoms in total. The van der Waals surface area contributed by atoms with E-state index >= 15 is 0 Å². The Labute approximate surface area is 114 Å². The van der Waals surface area contributed by atoms with E-state index in [9.17, 15) is 18.0 Å². The molecule has 8 heteroatoms. The third kappa shape index (κ3) is 2.95. The van der Waals surface area contributed by atoms with Crippen LogP contribution in [0.25, 0.3) is 0 Å². The Hall–Kier alpha value is -1.57. The number of nitrogens with zero attached hydrogens (tertiary/aromatic N) is 3. The first-order valence-corrected chi connectivity index (χ1v) is 6.35. The van der Waals surface area contributed by atoms with E-state index < -0.39 is 18.5 Å². The molecule has 1 N–H and O–H groups in total. The molecule has 0 bridgehead atoms. The number of halogens is 3. The zero-order valence-electron chi connectivity index (χ0n) is 11.0. The summed E-state index contributed by atoms with van der Waals surface area (Å²) in [6.07, 6.45) is -3.37. The van der Waals surface area contributed by atoms with Gasteiger partial charge in [0.25, 0.3) is 0 Å². The van der Waals surface area contributed by atoms with Crippen LogP contribution in [-0.2, 0) is 11.0 Å². The fourth-order valence-corrected chi connectivity index (χ4v) is 2.46. The zero-order valence-corrected chi connectivity index (χ0v) is 11.0. The lowest BCUT2D eigenvalue weighted by Crippen LogP contribution is -2.40. The molecule has 20 heavy (non-hydrogen) atoms. The van der Waals surface area contributed by atoms with Crippen LogP contribution >= 0.6 is 0 Å². The SMILES string of the molecule is Cc1cc(C(F)(F)F)nn1C1CCN(C(=O)CO)CC1. The second-order valence-electron chi connectivity index (χ2n) is 4.88. The van der Waals surface area contributed by atoms with Crippen molar-refractivity contribution in [3.8, 4) is 0 Å². The number of hydrogen-bond donors (Lipinski definition) is 1.